The fourth-order valence-corrected chi connectivity index (χ4v) is 2.23. The molecule has 0 aromatic carbocycles. The van der Waals surface area contributed by atoms with Gasteiger partial charge in [-0.3, -0.25) is 14.6 Å². The first kappa shape index (κ1) is 16.3. The van der Waals surface area contributed by atoms with Crippen LogP contribution in [0.3, 0.4) is 0 Å². The number of nitrogens with one attached hydrogen (secondary N) is 2. The van der Waals surface area contributed by atoms with E-state index in [2.05, 4.69) is 24.1 Å². The topological polar surface area (TPSA) is 82.2 Å². The lowest BCUT2D eigenvalue weighted by molar-refractivity contribution is 0.0941. The van der Waals surface area contributed by atoms with Crippen molar-refractivity contribution in [2.24, 2.45) is 5.92 Å². The minimum atomic E-state index is -0.411. The maximum atomic E-state index is 12.1. The van der Waals surface area contributed by atoms with Crippen LogP contribution in [-0.4, -0.2) is 22.5 Å². The van der Waals surface area contributed by atoms with Gasteiger partial charge in [0.1, 0.15) is 5.56 Å². The summed E-state index contributed by atoms with van der Waals surface area (Å²) in [6, 6.07) is 1.31. The van der Waals surface area contributed by atoms with Crippen molar-refractivity contribution in [3.8, 4) is 5.88 Å². The number of aryl methyl sites for hydroxylation is 1. The van der Waals surface area contributed by atoms with Crippen molar-refractivity contribution < 1.29 is 9.90 Å². The van der Waals surface area contributed by atoms with E-state index >= 15 is 0 Å². The maximum absolute atomic E-state index is 12.1. The molecule has 20 heavy (non-hydrogen) atoms. The highest BCUT2D eigenvalue weighted by Crippen LogP contribution is 2.16. The molecular formula is C15H24N2O3. The Hall–Kier alpha value is -1.78. The number of aromatic nitrogens is 1. The smallest absolute Gasteiger partial charge is 0.256 e. The van der Waals surface area contributed by atoms with Crippen LogP contribution in [-0.2, 0) is 0 Å². The van der Waals surface area contributed by atoms with Gasteiger partial charge in [-0.15, -0.1) is 0 Å². The molecule has 0 saturated heterocycles. The van der Waals surface area contributed by atoms with Crippen LogP contribution in [0.5, 0.6) is 5.88 Å². The average molecular weight is 280 g/mol. The van der Waals surface area contributed by atoms with Crippen LogP contribution in [0, 0.1) is 12.8 Å². The molecular weight excluding hydrogens is 256 g/mol. The van der Waals surface area contributed by atoms with E-state index in [0.29, 0.717) is 18.0 Å². The molecule has 1 amide bonds. The number of pyridine rings is 1. The molecule has 112 valence electrons. The van der Waals surface area contributed by atoms with E-state index in [4.69, 9.17) is 0 Å². The van der Waals surface area contributed by atoms with E-state index in [9.17, 15) is 14.7 Å². The largest absolute Gasteiger partial charge is 0.494 e. The van der Waals surface area contributed by atoms with Crippen molar-refractivity contribution in [3.05, 3.63) is 27.5 Å². The molecule has 1 heterocycles. The van der Waals surface area contributed by atoms with E-state index in [-0.39, 0.29) is 17.4 Å². The van der Waals surface area contributed by atoms with Crippen LogP contribution in [0.15, 0.2) is 10.9 Å². The highest BCUT2D eigenvalue weighted by Gasteiger charge is 2.16. The molecule has 1 unspecified atom stereocenters. The van der Waals surface area contributed by atoms with Crippen molar-refractivity contribution in [2.75, 3.05) is 6.54 Å². The summed E-state index contributed by atoms with van der Waals surface area (Å²) in [6.07, 6.45) is 4.39. The van der Waals surface area contributed by atoms with Crippen molar-refractivity contribution in [1.29, 1.82) is 0 Å². The fourth-order valence-electron chi connectivity index (χ4n) is 2.23. The zero-order valence-electron chi connectivity index (χ0n) is 12.5. The van der Waals surface area contributed by atoms with Crippen LogP contribution in [0.25, 0.3) is 0 Å². The summed E-state index contributed by atoms with van der Waals surface area (Å²) in [4.78, 5) is 25.5. The number of hydrogen-bond acceptors (Lipinski definition) is 3. The lowest BCUT2D eigenvalue weighted by Gasteiger charge is -2.16. The van der Waals surface area contributed by atoms with E-state index in [1.807, 2.05) is 0 Å². The third-order valence-electron chi connectivity index (χ3n) is 3.54. The molecule has 5 nitrogen and oxygen atoms in total. The minimum absolute atomic E-state index is 0.148. The van der Waals surface area contributed by atoms with Gasteiger partial charge < -0.3 is 10.4 Å². The van der Waals surface area contributed by atoms with Crippen LogP contribution in [0.1, 0.15) is 55.5 Å². The molecule has 0 fully saturated rings. The van der Waals surface area contributed by atoms with Crippen LogP contribution < -0.4 is 10.9 Å². The Morgan fingerprint density at radius 1 is 1.45 bits per heavy atom. The Labute approximate surface area is 119 Å². The van der Waals surface area contributed by atoms with E-state index < -0.39 is 5.56 Å². The minimum Gasteiger partial charge on any atom is -0.494 e. The zero-order valence-corrected chi connectivity index (χ0v) is 12.5. The third-order valence-corrected chi connectivity index (χ3v) is 3.54. The number of carbonyl (C=O) groups is 1. The summed E-state index contributed by atoms with van der Waals surface area (Å²) in [7, 11) is 0. The Kier molecular flexibility index (Phi) is 6.28. The zero-order chi connectivity index (χ0) is 15.1. The predicted molar refractivity (Wildman–Crippen MR) is 79.1 cm³/mol. The van der Waals surface area contributed by atoms with Crippen LogP contribution >= 0.6 is 0 Å². The van der Waals surface area contributed by atoms with E-state index in [1.54, 1.807) is 6.92 Å². The van der Waals surface area contributed by atoms with Crippen molar-refractivity contribution in [1.82, 2.24) is 10.3 Å². The molecule has 0 aliphatic heterocycles. The second kappa shape index (κ2) is 7.72. The van der Waals surface area contributed by atoms with Gasteiger partial charge in [-0.25, -0.2) is 0 Å². The summed E-state index contributed by atoms with van der Waals surface area (Å²) >= 11 is 0. The summed E-state index contributed by atoms with van der Waals surface area (Å²) < 4.78 is 0. The molecule has 0 radical (unpaired) electrons. The first-order valence-electron chi connectivity index (χ1n) is 7.20. The number of hydrogen-bond donors (Lipinski definition) is 3. The fraction of sp³-hybridized carbons (Fsp3) is 0.600. The molecule has 5 heteroatoms. The van der Waals surface area contributed by atoms with Gasteiger partial charge in [-0.05, 0) is 24.8 Å². The van der Waals surface area contributed by atoms with Gasteiger partial charge in [-0.1, -0.05) is 33.1 Å². The Morgan fingerprint density at radius 3 is 2.70 bits per heavy atom. The molecule has 0 spiro atoms. The number of carbonyl (C=O) groups excluding carboxylic acids is 1. The molecule has 0 saturated carbocycles. The van der Waals surface area contributed by atoms with Gasteiger partial charge in [0.2, 0.25) is 5.88 Å². The molecule has 3 N–H and O–H groups in total. The van der Waals surface area contributed by atoms with Crippen LogP contribution in [0.2, 0.25) is 0 Å². The average Bonchev–Trinajstić information content (AvgIpc) is 2.37. The first-order chi connectivity index (χ1) is 9.49. The molecule has 1 aromatic rings. The summed E-state index contributed by atoms with van der Waals surface area (Å²) in [5.41, 5.74) is 0.214. The van der Waals surface area contributed by atoms with Crippen LogP contribution in [0.4, 0.5) is 0 Å². The van der Waals surface area contributed by atoms with Crippen molar-refractivity contribution in [3.63, 3.8) is 0 Å². The normalized spacial score (nSPS) is 12.2. The summed E-state index contributed by atoms with van der Waals surface area (Å²) in [6.45, 7) is 6.48. The Morgan fingerprint density at radius 2 is 2.15 bits per heavy atom. The standard InChI is InChI=1S/C15H24N2O3/c1-4-6-7-11(5-2)9-16-14(19)13-10(3)8-12(18)17-15(13)20/h8,11H,4-7,9H2,1-3H3,(H,16,19)(H2,17,18,20). The molecule has 0 aliphatic rings. The number of unbranched alkanes of at least 4 members (excludes halogenated alkanes) is 1. The Bertz CT molecular complexity index is 482. The number of aromatic amines is 1. The van der Waals surface area contributed by atoms with Gasteiger partial charge in [0, 0.05) is 12.6 Å². The maximum Gasteiger partial charge on any atom is 0.256 e. The quantitative estimate of drug-likeness (QED) is 0.717. The second-order valence-electron chi connectivity index (χ2n) is 5.17. The van der Waals surface area contributed by atoms with Crippen molar-refractivity contribution >= 4 is 5.91 Å². The van der Waals surface area contributed by atoms with Gasteiger partial charge in [0.25, 0.3) is 11.5 Å². The third kappa shape index (κ3) is 4.40. The summed E-state index contributed by atoms with van der Waals surface area (Å²) in [5, 5.41) is 12.5. The lowest BCUT2D eigenvalue weighted by atomic mass is 9.99. The van der Waals surface area contributed by atoms with Crippen molar-refractivity contribution in [2.45, 2.75) is 46.5 Å². The second-order valence-corrected chi connectivity index (χ2v) is 5.17. The predicted octanol–water partition coefficient (Wildman–Crippen LogP) is 2.34. The summed E-state index contributed by atoms with van der Waals surface area (Å²) in [5.74, 6) is -0.260. The molecule has 0 aliphatic carbocycles. The monoisotopic (exact) mass is 280 g/mol. The van der Waals surface area contributed by atoms with E-state index in [1.165, 1.54) is 6.07 Å². The highest BCUT2D eigenvalue weighted by atomic mass is 16.3. The number of amides is 1. The number of rotatable bonds is 7. The van der Waals surface area contributed by atoms with Gasteiger partial charge >= 0.3 is 0 Å². The molecule has 0 bridgehead atoms. The lowest BCUT2D eigenvalue weighted by Crippen LogP contribution is -2.30. The highest BCUT2D eigenvalue weighted by molar-refractivity contribution is 5.97. The number of aromatic hydroxyl groups is 1. The number of H-pyrrole nitrogens is 1. The van der Waals surface area contributed by atoms with Gasteiger partial charge in [-0.2, -0.15) is 0 Å². The van der Waals surface area contributed by atoms with Gasteiger partial charge in [0.05, 0.1) is 0 Å². The molecule has 1 aromatic heterocycles. The SMILES string of the molecule is CCCCC(CC)CNC(=O)c1c(C)cc(=O)[nH]c1O. The molecule has 1 rings (SSSR count). The molecule has 1 atom stereocenters. The first-order valence-corrected chi connectivity index (χ1v) is 7.20. The van der Waals surface area contributed by atoms with E-state index in [0.717, 1.165) is 25.7 Å². The Balaban J connectivity index is 2.70. The van der Waals surface area contributed by atoms with Gasteiger partial charge in [0.15, 0.2) is 0 Å².